The molecular formula is C19H14F2N6O4S2. The number of halogens is 2. The predicted molar refractivity (Wildman–Crippen MR) is 119 cm³/mol. The Morgan fingerprint density at radius 3 is 2.67 bits per heavy atom. The van der Waals surface area contributed by atoms with Gasteiger partial charge >= 0.3 is 5.69 Å². The lowest BCUT2D eigenvalue weighted by atomic mass is 10.1. The van der Waals surface area contributed by atoms with E-state index in [2.05, 4.69) is 15.4 Å². The van der Waals surface area contributed by atoms with Gasteiger partial charge in [-0.05, 0) is 25.1 Å². The second-order valence-corrected chi connectivity index (χ2v) is 9.14. The first kappa shape index (κ1) is 22.4. The summed E-state index contributed by atoms with van der Waals surface area (Å²) < 4.78 is 28.1. The summed E-state index contributed by atoms with van der Waals surface area (Å²) in [5.74, 6) is -1.52. The van der Waals surface area contributed by atoms with Crippen LogP contribution in [0.5, 0.6) is 0 Å². The second-order valence-electron chi connectivity index (χ2n) is 6.86. The number of carbonyl (C=O) groups excluding carboxylic acids is 2. The third-order valence-electron chi connectivity index (χ3n) is 4.54. The number of nitro groups is 1. The smallest absolute Gasteiger partial charge is 0.307 e. The zero-order chi connectivity index (χ0) is 23.9. The van der Waals surface area contributed by atoms with Gasteiger partial charge in [0.05, 0.1) is 10.6 Å². The van der Waals surface area contributed by atoms with Gasteiger partial charge in [-0.25, -0.2) is 13.8 Å². The predicted octanol–water partition coefficient (Wildman–Crippen LogP) is 4.11. The number of primary amides is 1. The maximum atomic E-state index is 13.5. The van der Waals surface area contributed by atoms with Gasteiger partial charge in [0.25, 0.3) is 12.3 Å². The molecule has 170 valence electrons. The number of nitrogens with two attached hydrogens (primary N) is 1. The minimum absolute atomic E-state index is 0.0449. The highest BCUT2D eigenvalue weighted by atomic mass is 32.1. The first-order valence-electron chi connectivity index (χ1n) is 9.23. The third kappa shape index (κ3) is 4.42. The molecule has 0 radical (unpaired) electrons. The van der Waals surface area contributed by atoms with Crippen molar-refractivity contribution < 1.29 is 23.3 Å². The van der Waals surface area contributed by atoms with Crippen LogP contribution >= 0.6 is 22.7 Å². The van der Waals surface area contributed by atoms with Crippen molar-refractivity contribution in [3.63, 3.8) is 0 Å². The maximum Gasteiger partial charge on any atom is 0.307 e. The molecule has 0 unspecified atom stereocenters. The van der Waals surface area contributed by atoms with Crippen molar-refractivity contribution in [1.82, 2.24) is 14.8 Å². The van der Waals surface area contributed by atoms with E-state index in [4.69, 9.17) is 5.73 Å². The average Bonchev–Trinajstić information content (AvgIpc) is 3.46. The highest BCUT2D eigenvalue weighted by Gasteiger charge is 2.25. The minimum atomic E-state index is -2.85. The molecule has 10 nitrogen and oxygen atoms in total. The van der Waals surface area contributed by atoms with Gasteiger partial charge in [-0.15, -0.1) is 22.7 Å². The fourth-order valence-electron chi connectivity index (χ4n) is 3.16. The van der Waals surface area contributed by atoms with Gasteiger partial charge in [-0.3, -0.25) is 24.4 Å². The molecule has 14 heteroatoms. The van der Waals surface area contributed by atoms with E-state index in [0.717, 1.165) is 33.3 Å². The number of thiophene rings is 2. The van der Waals surface area contributed by atoms with Crippen LogP contribution in [0.3, 0.4) is 0 Å². The molecule has 0 aromatic carbocycles. The van der Waals surface area contributed by atoms with Crippen LogP contribution in [-0.4, -0.2) is 31.5 Å². The van der Waals surface area contributed by atoms with Crippen LogP contribution in [0.15, 0.2) is 30.6 Å². The second kappa shape index (κ2) is 8.63. The van der Waals surface area contributed by atoms with Crippen molar-refractivity contribution in [3.8, 4) is 10.4 Å². The third-order valence-corrected chi connectivity index (χ3v) is 6.67. The number of rotatable bonds is 7. The Labute approximate surface area is 191 Å². The molecule has 0 spiro atoms. The molecule has 0 atom stereocenters. The lowest BCUT2D eigenvalue weighted by Crippen LogP contribution is -2.21. The number of amides is 2. The fraction of sp³-hybridized carbons (Fsp3) is 0.158. The molecule has 4 rings (SSSR count). The molecule has 2 amide bonds. The molecule has 0 bridgehead atoms. The minimum Gasteiger partial charge on any atom is -0.365 e. The molecule has 0 saturated carbocycles. The summed E-state index contributed by atoms with van der Waals surface area (Å²) in [5.41, 5.74) is 5.15. The van der Waals surface area contributed by atoms with Crippen LogP contribution in [-0.2, 0) is 11.3 Å². The van der Waals surface area contributed by atoms with Crippen LogP contribution < -0.4 is 11.1 Å². The van der Waals surface area contributed by atoms with Crippen molar-refractivity contribution >= 4 is 56.1 Å². The first-order valence-corrected chi connectivity index (χ1v) is 10.9. The van der Waals surface area contributed by atoms with Crippen LogP contribution in [0.1, 0.15) is 26.7 Å². The Bertz CT molecular complexity index is 1410. The van der Waals surface area contributed by atoms with E-state index in [-0.39, 0.29) is 27.6 Å². The van der Waals surface area contributed by atoms with Crippen molar-refractivity contribution in [2.75, 3.05) is 5.32 Å². The zero-order valence-electron chi connectivity index (χ0n) is 16.7. The van der Waals surface area contributed by atoms with Gasteiger partial charge < -0.3 is 11.1 Å². The maximum absolute atomic E-state index is 13.5. The van der Waals surface area contributed by atoms with Crippen LogP contribution in [0.2, 0.25) is 0 Å². The first-order chi connectivity index (χ1) is 15.6. The standard InChI is InChI=1S/C19H14F2N6O4S2/c1-8-2-3-12(32-8)10-4-11(17(20)21)24-19-14(10)15(16(33-19)18(22)29)25-13(28)7-26-6-9(5-23-26)27(30)31/h2-6,17H,7H2,1H3,(H2,22,29)(H,25,28). The quantitative estimate of drug-likeness (QED) is 0.293. The highest BCUT2D eigenvalue weighted by molar-refractivity contribution is 7.21. The molecule has 4 aromatic heterocycles. The summed E-state index contributed by atoms with van der Waals surface area (Å²) in [5, 5.41) is 17.5. The van der Waals surface area contributed by atoms with Gasteiger partial charge in [-0.2, -0.15) is 5.10 Å². The number of nitrogens with one attached hydrogen (secondary N) is 1. The number of nitrogens with zero attached hydrogens (tertiary/aromatic N) is 4. The molecule has 4 aromatic rings. The van der Waals surface area contributed by atoms with E-state index < -0.39 is 28.9 Å². The van der Waals surface area contributed by atoms with Crippen molar-refractivity contribution in [2.24, 2.45) is 5.73 Å². The van der Waals surface area contributed by atoms with E-state index in [1.807, 2.05) is 13.0 Å². The normalized spacial score (nSPS) is 11.3. The van der Waals surface area contributed by atoms with Gasteiger partial charge in [0.1, 0.15) is 34.3 Å². The number of hydrogen-bond donors (Lipinski definition) is 2. The Hall–Kier alpha value is -3.78. The number of anilines is 1. The number of pyridine rings is 1. The van der Waals surface area contributed by atoms with E-state index in [1.54, 1.807) is 6.07 Å². The Morgan fingerprint density at radius 2 is 2.09 bits per heavy atom. The highest BCUT2D eigenvalue weighted by Crippen LogP contribution is 2.44. The molecule has 0 fully saturated rings. The summed E-state index contributed by atoms with van der Waals surface area (Å²) in [6.45, 7) is 1.47. The van der Waals surface area contributed by atoms with Gasteiger partial charge in [0.2, 0.25) is 5.91 Å². The Kier molecular flexibility index (Phi) is 5.86. The Morgan fingerprint density at radius 1 is 1.33 bits per heavy atom. The molecule has 0 aliphatic heterocycles. The monoisotopic (exact) mass is 492 g/mol. The SMILES string of the molecule is Cc1ccc(-c2cc(C(F)F)nc3sc(C(N)=O)c(NC(=O)Cn4cc([N+](=O)[O-])cn4)c23)s1. The molecule has 0 aliphatic rings. The number of carbonyl (C=O) groups is 2. The van der Waals surface area contributed by atoms with Crippen molar-refractivity contribution in [3.05, 3.63) is 56.2 Å². The summed E-state index contributed by atoms with van der Waals surface area (Å²) in [6.07, 6.45) is -0.770. The zero-order valence-corrected chi connectivity index (χ0v) is 18.4. The number of aryl methyl sites for hydroxylation is 1. The van der Waals surface area contributed by atoms with E-state index in [9.17, 15) is 28.5 Å². The van der Waals surface area contributed by atoms with Crippen molar-refractivity contribution in [1.29, 1.82) is 0 Å². The van der Waals surface area contributed by atoms with Crippen LogP contribution in [0.4, 0.5) is 20.2 Å². The molecule has 0 saturated heterocycles. The van der Waals surface area contributed by atoms with Gasteiger partial charge in [-0.1, -0.05) is 0 Å². The van der Waals surface area contributed by atoms with Gasteiger partial charge in [0.15, 0.2) is 0 Å². The molecule has 0 aliphatic carbocycles. The number of hydrogen-bond acceptors (Lipinski definition) is 8. The van der Waals surface area contributed by atoms with E-state index >= 15 is 0 Å². The summed E-state index contributed by atoms with van der Waals surface area (Å²) >= 11 is 2.15. The van der Waals surface area contributed by atoms with E-state index in [0.29, 0.717) is 15.8 Å². The summed E-state index contributed by atoms with van der Waals surface area (Å²) in [6, 6.07) is 4.79. The Balaban J connectivity index is 1.81. The van der Waals surface area contributed by atoms with Crippen LogP contribution in [0, 0.1) is 17.0 Å². The van der Waals surface area contributed by atoms with E-state index in [1.165, 1.54) is 17.4 Å². The van der Waals surface area contributed by atoms with Crippen LogP contribution in [0.25, 0.3) is 20.7 Å². The number of fused-ring (bicyclic) bond motifs is 1. The lowest BCUT2D eigenvalue weighted by Gasteiger charge is -2.10. The molecule has 4 heterocycles. The van der Waals surface area contributed by atoms with Crippen molar-refractivity contribution in [2.45, 2.75) is 19.9 Å². The summed E-state index contributed by atoms with van der Waals surface area (Å²) in [7, 11) is 0. The van der Waals surface area contributed by atoms with Gasteiger partial charge in [0, 0.05) is 20.7 Å². The fourth-order valence-corrected chi connectivity index (χ4v) is 5.06. The number of aromatic nitrogens is 3. The molecule has 33 heavy (non-hydrogen) atoms. The molecular weight excluding hydrogens is 478 g/mol. The lowest BCUT2D eigenvalue weighted by molar-refractivity contribution is -0.385. The molecule has 3 N–H and O–H groups in total. The largest absolute Gasteiger partial charge is 0.365 e. The average molecular weight is 492 g/mol. The number of alkyl halides is 2. The summed E-state index contributed by atoms with van der Waals surface area (Å²) in [4.78, 5) is 40.5. The topological polar surface area (TPSA) is 146 Å².